The molecule has 0 unspecified atom stereocenters. The first-order valence-electron chi connectivity index (χ1n) is 4.62. The molecule has 0 saturated heterocycles. The largest absolute Gasteiger partial charge is 2.00 e. The summed E-state index contributed by atoms with van der Waals surface area (Å²) in [4.78, 5) is 23.0. The Morgan fingerprint density at radius 2 is 1.07 bits per heavy atom. The molecule has 0 N–H and O–H groups in total. The molecule has 0 spiro atoms. The summed E-state index contributed by atoms with van der Waals surface area (Å²) in [6, 6.07) is 0. The van der Waals surface area contributed by atoms with Gasteiger partial charge in [0.25, 0.3) is 0 Å². The number of carbonyl (C=O) groups excluding carboxylic acids is 2. The van der Waals surface area contributed by atoms with E-state index in [1.807, 2.05) is 41.5 Å². The molecule has 0 heterocycles. The van der Waals surface area contributed by atoms with E-state index in [4.69, 9.17) is 0 Å². The van der Waals surface area contributed by atoms with Crippen molar-refractivity contribution in [1.29, 1.82) is 0 Å². The first-order chi connectivity index (χ1) is 5.55. The van der Waals surface area contributed by atoms with Crippen LogP contribution >= 0.6 is 0 Å². The van der Waals surface area contributed by atoms with Crippen LogP contribution in [0.4, 0.5) is 0 Å². The fourth-order valence-corrected chi connectivity index (χ4v) is 0.676. The van der Waals surface area contributed by atoms with Gasteiger partial charge in [-0.05, 0) is 0 Å². The zero-order chi connectivity index (χ0) is 10.9. The second-order valence-corrected chi connectivity index (χ2v) is 5.52. The van der Waals surface area contributed by atoms with E-state index in [1.54, 1.807) is 0 Å². The molecule has 14 heavy (non-hydrogen) atoms. The zero-order valence-corrected chi connectivity index (χ0v) is 14.7. The molecule has 0 aliphatic rings. The average molecular weight is 324 g/mol. The molecule has 80 valence electrons. The van der Waals surface area contributed by atoms with E-state index < -0.39 is 10.8 Å². The maximum atomic E-state index is 11.5. The van der Waals surface area contributed by atoms with Crippen LogP contribution < -0.4 is 0 Å². The van der Waals surface area contributed by atoms with Crippen LogP contribution in [-0.4, -0.2) is 60.4 Å². The SMILES string of the molecule is CC(C)(C)C(=O)CC(=O)C(C)(C)C.[Ba+2].[H-].[H-]. The molecule has 2 nitrogen and oxygen atoms in total. The minimum atomic E-state index is -0.402. The molecule has 0 aromatic heterocycles. The van der Waals surface area contributed by atoms with Crippen molar-refractivity contribution < 1.29 is 12.4 Å². The number of hydrogen-bond acceptors (Lipinski definition) is 2. The van der Waals surface area contributed by atoms with Gasteiger partial charge in [-0.1, -0.05) is 41.5 Å². The summed E-state index contributed by atoms with van der Waals surface area (Å²) < 4.78 is 0. The number of Topliss-reactive ketones (excluding diaryl/α,β-unsaturated/α-hetero) is 2. The smallest absolute Gasteiger partial charge is 1.00 e. The van der Waals surface area contributed by atoms with Crippen LogP contribution in [0.15, 0.2) is 0 Å². The van der Waals surface area contributed by atoms with Crippen molar-refractivity contribution in [3.8, 4) is 0 Å². The molecule has 3 heteroatoms. The predicted octanol–water partition coefficient (Wildman–Crippen LogP) is 2.45. The summed E-state index contributed by atoms with van der Waals surface area (Å²) in [5, 5.41) is 0. The van der Waals surface area contributed by atoms with Crippen molar-refractivity contribution in [2.75, 3.05) is 0 Å². The normalized spacial score (nSPS) is 11.9. The van der Waals surface area contributed by atoms with Crippen LogP contribution in [-0.2, 0) is 9.59 Å². The van der Waals surface area contributed by atoms with Gasteiger partial charge in [0.2, 0.25) is 0 Å². The monoisotopic (exact) mass is 324 g/mol. The van der Waals surface area contributed by atoms with Gasteiger partial charge in [-0.25, -0.2) is 0 Å². The summed E-state index contributed by atoms with van der Waals surface area (Å²) in [5.41, 5.74) is -0.804. The molecule has 0 saturated carbocycles. The number of hydrogen-bond donors (Lipinski definition) is 0. The van der Waals surface area contributed by atoms with Crippen LogP contribution in [0.1, 0.15) is 50.8 Å². The van der Waals surface area contributed by atoms with Gasteiger partial charge in [0.1, 0.15) is 11.6 Å². The third-order valence-corrected chi connectivity index (χ3v) is 1.99. The van der Waals surface area contributed by atoms with E-state index in [1.165, 1.54) is 0 Å². The van der Waals surface area contributed by atoms with Crippen LogP contribution in [0.2, 0.25) is 0 Å². The molecular weight excluding hydrogens is 301 g/mol. The molecule has 0 bridgehead atoms. The van der Waals surface area contributed by atoms with E-state index in [0.717, 1.165) is 0 Å². The maximum Gasteiger partial charge on any atom is 2.00 e. The second-order valence-electron chi connectivity index (χ2n) is 5.52. The van der Waals surface area contributed by atoms with Gasteiger partial charge in [-0.2, -0.15) is 0 Å². The zero-order valence-electron chi connectivity index (χ0n) is 12.2. The average Bonchev–Trinajstić information content (AvgIpc) is 1.82. The minimum absolute atomic E-state index is 0. The molecule has 0 fully saturated rings. The van der Waals surface area contributed by atoms with E-state index in [2.05, 4.69) is 0 Å². The fourth-order valence-electron chi connectivity index (χ4n) is 0.676. The van der Waals surface area contributed by atoms with E-state index in [9.17, 15) is 9.59 Å². The van der Waals surface area contributed by atoms with Crippen LogP contribution in [0.5, 0.6) is 0 Å². The Kier molecular flexibility index (Phi) is 7.23. The van der Waals surface area contributed by atoms with Crippen LogP contribution in [0, 0.1) is 10.8 Å². The quantitative estimate of drug-likeness (QED) is 0.578. The predicted molar refractivity (Wildman–Crippen MR) is 61.5 cm³/mol. The van der Waals surface area contributed by atoms with Crippen LogP contribution in [0.25, 0.3) is 0 Å². The Hall–Kier alpha value is 0.911. The summed E-state index contributed by atoms with van der Waals surface area (Å²) in [5.74, 6) is 0.0415. The second kappa shape index (κ2) is 5.85. The first kappa shape index (κ1) is 17.3. The third-order valence-electron chi connectivity index (χ3n) is 1.99. The van der Waals surface area contributed by atoms with Gasteiger partial charge in [-0.15, -0.1) is 0 Å². The Morgan fingerprint density at radius 3 is 1.21 bits per heavy atom. The Morgan fingerprint density at radius 1 is 0.857 bits per heavy atom. The number of rotatable bonds is 2. The number of carbonyl (C=O) groups is 2. The maximum absolute atomic E-state index is 11.5. The standard InChI is InChI=1S/C11H20O2.Ba.2H/c1-10(2,3)8(12)7-9(13)11(4,5)6;;;/h7H2,1-6H3;;;/q;+2;2*-1. The Bertz CT molecular complexity index is 203. The molecule has 0 aromatic carbocycles. The fraction of sp³-hybridized carbons (Fsp3) is 0.818. The molecule has 0 rings (SSSR count). The summed E-state index contributed by atoms with van der Waals surface area (Å²) in [6.07, 6.45) is 0.0625. The van der Waals surface area contributed by atoms with Gasteiger partial charge in [-0.3, -0.25) is 9.59 Å². The van der Waals surface area contributed by atoms with Crippen LogP contribution in [0.3, 0.4) is 0 Å². The number of ketones is 2. The summed E-state index contributed by atoms with van der Waals surface area (Å²) >= 11 is 0. The first-order valence-corrected chi connectivity index (χ1v) is 4.62. The van der Waals surface area contributed by atoms with Crippen molar-refractivity contribution >= 4 is 60.4 Å². The van der Waals surface area contributed by atoms with Gasteiger partial charge in [0, 0.05) is 10.8 Å². The molecule has 0 atom stereocenters. The third kappa shape index (κ3) is 6.41. The topological polar surface area (TPSA) is 34.1 Å². The molecule has 0 radical (unpaired) electrons. The van der Waals surface area contributed by atoms with Crippen molar-refractivity contribution in [2.24, 2.45) is 10.8 Å². The molecule has 0 aliphatic carbocycles. The Balaban J connectivity index is -0.000000240. The van der Waals surface area contributed by atoms with E-state index >= 15 is 0 Å². The van der Waals surface area contributed by atoms with Crippen molar-refractivity contribution in [3.05, 3.63) is 0 Å². The minimum Gasteiger partial charge on any atom is -1.00 e. The van der Waals surface area contributed by atoms with Crippen molar-refractivity contribution in [1.82, 2.24) is 0 Å². The van der Waals surface area contributed by atoms with Crippen molar-refractivity contribution in [2.45, 2.75) is 48.0 Å². The van der Waals surface area contributed by atoms with Gasteiger partial charge < -0.3 is 2.85 Å². The Labute approximate surface area is 130 Å². The molecule has 0 amide bonds. The summed E-state index contributed by atoms with van der Waals surface area (Å²) in [6.45, 7) is 11.0. The van der Waals surface area contributed by atoms with Gasteiger partial charge in [0.05, 0.1) is 6.42 Å². The molecular formula is C11H22BaO2. The summed E-state index contributed by atoms with van der Waals surface area (Å²) in [7, 11) is 0. The van der Waals surface area contributed by atoms with E-state index in [-0.39, 0.29) is 69.7 Å². The van der Waals surface area contributed by atoms with Crippen molar-refractivity contribution in [3.63, 3.8) is 0 Å². The molecule has 0 aliphatic heterocycles. The van der Waals surface area contributed by atoms with E-state index in [0.29, 0.717) is 0 Å². The van der Waals surface area contributed by atoms with Gasteiger partial charge >= 0.3 is 48.9 Å². The van der Waals surface area contributed by atoms with Gasteiger partial charge in [0.15, 0.2) is 0 Å². The molecule has 0 aromatic rings.